The van der Waals surface area contributed by atoms with Crippen molar-refractivity contribution < 1.29 is 28.1 Å². The van der Waals surface area contributed by atoms with Crippen molar-refractivity contribution in [1.82, 2.24) is 18.7 Å². The van der Waals surface area contributed by atoms with Crippen molar-refractivity contribution in [3.8, 4) is 0 Å². The molecule has 0 aromatic carbocycles. The molecule has 0 spiro atoms. The average Bonchev–Trinajstić information content (AvgIpc) is 3.08. The van der Waals surface area contributed by atoms with Crippen LogP contribution in [0.25, 0.3) is 0 Å². The van der Waals surface area contributed by atoms with Gasteiger partial charge in [0.15, 0.2) is 27.1 Å². The maximum Gasteiger partial charge on any atom is 0.192 e. The smallest absolute Gasteiger partial charge is 0.192 e. The molecule has 0 aliphatic heterocycles. The van der Waals surface area contributed by atoms with E-state index in [0.29, 0.717) is 13.2 Å². The quantitative estimate of drug-likeness (QED) is 0.0620. The van der Waals surface area contributed by atoms with Gasteiger partial charge in [0, 0.05) is 69.7 Å². The summed E-state index contributed by atoms with van der Waals surface area (Å²) in [5, 5.41) is 0.363. The van der Waals surface area contributed by atoms with E-state index in [-0.39, 0.29) is 75.1 Å². The maximum atomic E-state index is 13.0. The van der Waals surface area contributed by atoms with Crippen molar-refractivity contribution in [1.29, 1.82) is 0 Å². The fourth-order valence-corrected chi connectivity index (χ4v) is 15.0. The Hall–Kier alpha value is 0.580. The molecule has 0 rings (SSSR count). The van der Waals surface area contributed by atoms with E-state index in [2.05, 4.69) is 199 Å². The number of ether oxygens (including phenoxy) is 2. The molecule has 0 radical (unpaired) electrons. The van der Waals surface area contributed by atoms with Gasteiger partial charge in [0.1, 0.15) is 0 Å². The van der Waals surface area contributed by atoms with Gasteiger partial charge in [-0.05, 0) is 193 Å². The highest BCUT2D eigenvalue weighted by Gasteiger charge is 2.52. The number of hydrogen-bond donors (Lipinski definition) is 0. The van der Waals surface area contributed by atoms with Crippen LogP contribution in [0.3, 0.4) is 0 Å². The summed E-state index contributed by atoms with van der Waals surface area (Å²) in [6.45, 7) is 66.5. The maximum absolute atomic E-state index is 13.0. The van der Waals surface area contributed by atoms with Crippen molar-refractivity contribution in [2.45, 2.75) is 301 Å². The standard InChI is InChI=1S/C52H108N4O6P2S2/c1-35(2)45(57)65-48(21,22)34-59-33-47(19,20)61-63(53(37(5)6)38(7)8)55(41(13)14)43(17)31-32-44(18)56(42(15)16)64(54(39(9)10)40(11)12)62-50(25,26)49(23,24)60-51(27,28)52(29,30)66-46(58)36(3)4/h35-44H,31-34H2,1-30H3. The highest BCUT2D eigenvalue weighted by Crippen LogP contribution is 2.58. The summed E-state index contributed by atoms with van der Waals surface area (Å²) in [5.74, 6) is -0.0733. The summed E-state index contributed by atoms with van der Waals surface area (Å²) in [5.41, 5.74) is -2.65. The van der Waals surface area contributed by atoms with Crippen LogP contribution in [-0.2, 0) is 28.1 Å². The molecule has 0 aromatic rings. The van der Waals surface area contributed by atoms with E-state index in [4.69, 9.17) is 18.5 Å². The lowest BCUT2D eigenvalue weighted by molar-refractivity contribution is -0.203. The van der Waals surface area contributed by atoms with E-state index in [9.17, 15) is 9.59 Å². The number of rotatable bonds is 31. The van der Waals surface area contributed by atoms with Crippen LogP contribution < -0.4 is 0 Å². The minimum atomic E-state index is -1.28. The van der Waals surface area contributed by atoms with Gasteiger partial charge in [0.25, 0.3) is 0 Å². The molecule has 0 aliphatic rings. The molecule has 0 aliphatic carbocycles. The lowest BCUT2D eigenvalue weighted by atomic mass is 9.86. The summed E-state index contributed by atoms with van der Waals surface area (Å²) >= 11 is 2.77. The van der Waals surface area contributed by atoms with Gasteiger partial charge in [-0.25, -0.2) is 18.7 Å². The monoisotopic (exact) mass is 1010 g/mol. The number of hydrogen-bond acceptors (Lipinski definition) is 12. The Bertz CT molecular complexity index is 1440. The molecule has 4 atom stereocenters. The molecule has 66 heavy (non-hydrogen) atoms. The molecule has 394 valence electrons. The third-order valence-electron chi connectivity index (χ3n) is 12.5. The van der Waals surface area contributed by atoms with Crippen molar-refractivity contribution in [2.75, 3.05) is 13.2 Å². The predicted octanol–water partition coefficient (Wildman–Crippen LogP) is 15.2. The number of carbonyl (C=O) groups is 2. The molecular formula is C52H108N4O6P2S2. The summed E-state index contributed by atoms with van der Waals surface area (Å²) in [7, 11) is -2.49. The lowest BCUT2D eigenvalue weighted by Gasteiger charge is -2.54. The van der Waals surface area contributed by atoms with E-state index < -0.39 is 44.1 Å². The van der Waals surface area contributed by atoms with Crippen LogP contribution in [0.4, 0.5) is 0 Å². The van der Waals surface area contributed by atoms with Gasteiger partial charge in [-0.1, -0.05) is 51.2 Å². The van der Waals surface area contributed by atoms with Crippen LogP contribution in [0.15, 0.2) is 0 Å². The van der Waals surface area contributed by atoms with Gasteiger partial charge in [0.05, 0.1) is 35.6 Å². The van der Waals surface area contributed by atoms with E-state index in [1.54, 1.807) is 0 Å². The summed E-state index contributed by atoms with van der Waals surface area (Å²) < 4.78 is 38.1. The lowest BCUT2D eigenvalue weighted by Crippen LogP contribution is -2.58. The van der Waals surface area contributed by atoms with Crippen LogP contribution >= 0.6 is 40.4 Å². The van der Waals surface area contributed by atoms with Crippen LogP contribution in [-0.4, -0.2) is 122 Å². The molecular weight excluding hydrogens is 903 g/mol. The zero-order valence-electron chi connectivity index (χ0n) is 48.6. The Labute approximate surface area is 421 Å². The SMILES string of the molecule is CC(C)C(=O)SC(C)(C)COCC(C)(C)OP(N(C(C)C)C(C)C)N(C(C)C)C(C)CCC(C)N(C(C)C)P(OC(C)(C)C(C)(C)OC(C)(C)C(C)(C)SC(=O)C(C)C)N(C(C)C)C(C)C. The van der Waals surface area contributed by atoms with Crippen LogP contribution in [0.1, 0.15) is 221 Å². The zero-order chi connectivity index (χ0) is 52.5. The van der Waals surface area contributed by atoms with Gasteiger partial charge in [-0.15, -0.1) is 0 Å². The summed E-state index contributed by atoms with van der Waals surface area (Å²) in [6, 6.07) is 1.88. The number of nitrogens with zero attached hydrogens (tertiary/aromatic N) is 4. The van der Waals surface area contributed by atoms with Gasteiger partial charge in [-0.2, -0.15) is 0 Å². The average molecular weight is 1010 g/mol. The second-order valence-corrected chi connectivity index (χ2v) is 30.9. The minimum Gasteiger partial charge on any atom is -0.377 e. The molecule has 0 saturated heterocycles. The third-order valence-corrected chi connectivity index (χ3v) is 21.9. The van der Waals surface area contributed by atoms with Gasteiger partial charge >= 0.3 is 0 Å². The molecule has 0 N–H and O–H groups in total. The number of carbonyl (C=O) groups excluding carboxylic acids is 2. The van der Waals surface area contributed by atoms with Crippen LogP contribution in [0.2, 0.25) is 0 Å². The molecule has 0 heterocycles. The van der Waals surface area contributed by atoms with Crippen molar-refractivity contribution in [3.63, 3.8) is 0 Å². The highest BCUT2D eigenvalue weighted by molar-refractivity contribution is 8.15. The van der Waals surface area contributed by atoms with E-state index in [1.807, 2.05) is 27.7 Å². The van der Waals surface area contributed by atoms with Crippen molar-refractivity contribution >= 4 is 50.7 Å². The van der Waals surface area contributed by atoms with Gasteiger partial charge in [0.2, 0.25) is 0 Å². The predicted molar refractivity (Wildman–Crippen MR) is 294 cm³/mol. The van der Waals surface area contributed by atoms with Gasteiger partial charge < -0.3 is 18.5 Å². The second-order valence-electron chi connectivity index (χ2n) is 24.4. The van der Waals surface area contributed by atoms with E-state index in [0.717, 1.165) is 12.8 Å². The number of thioether (sulfide) groups is 2. The second kappa shape index (κ2) is 27.0. The van der Waals surface area contributed by atoms with Crippen LogP contribution in [0.5, 0.6) is 0 Å². The Morgan fingerprint density at radius 3 is 1.11 bits per heavy atom. The molecule has 0 saturated carbocycles. The first-order chi connectivity index (χ1) is 29.5. The first-order valence-electron chi connectivity index (χ1n) is 25.3. The van der Waals surface area contributed by atoms with E-state index in [1.165, 1.54) is 23.5 Å². The summed E-state index contributed by atoms with van der Waals surface area (Å²) in [4.78, 5) is 25.6. The Morgan fingerprint density at radius 1 is 0.439 bits per heavy atom. The fourth-order valence-electron chi connectivity index (χ4n) is 7.81. The topological polar surface area (TPSA) is 84.0 Å². The first kappa shape index (κ1) is 66.6. The molecule has 4 unspecified atom stereocenters. The molecule has 0 aromatic heterocycles. The largest absolute Gasteiger partial charge is 0.377 e. The Balaban J connectivity index is 6.99. The van der Waals surface area contributed by atoms with Crippen LogP contribution in [0, 0.1) is 11.8 Å². The van der Waals surface area contributed by atoms with Gasteiger partial charge in [-0.3, -0.25) is 9.59 Å². The minimum absolute atomic E-state index is 0.0175. The summed E-state index contributed by atoms with van der Waals surface area (Å²) in [6.07, 6.45) is 1.94. The Kier molecular flexibility index (Phi) is 27.3. The Morgan fingerprint density at radius 2 is 0.773 bits per heavy atom. The molecule has 10 nitrogen and oxygen atoms in total. The fraction of sp³-hybridized carbons (Fsp3) is 0.962. The highest BCUT2D eigenvalue weighted by atomic mass is 32.2. The van der Waals surface area contributed by atoms with Crippen molar-refractivity contribution in [3.05, 3.63) is 0 Å². The van der Waals surface area contributed by atoms with Crippen molar-refractivity contribution in [2.24, 2.45) is 11.8 Å². The molecule has 0 fully saturated rings. The zero-order valence-corrected chi connectivity index (χ0v) is 52.0. The molecule has 14 heteroatoms. The first-order valence-corrected chi connectivity index (χ1v) is 29.3. The molecule has 0 amide bonds. The molecule has 0 bridgehead atoms. The van der Waals surface area contributed by atoms with E-state index >= 15 is 0 Å². The third kappa shape index (κ3) is 20.2. The normalized spacial score (nSPS) is 16.3.